The molecule has 4 heteroatoms. The van der Waals surface area contributed by atoms with Gasteiger partial charge in [-0.25, -0.2) is 8.42 Å². The number of hydrogen-bond donors (Lipinski definition) is 1. The number of sulfone groups is 1. The van der Waals surface area contributed by atoms with Crippen molar-refractivity contribution in [1.29, 1.82) is 0 Å². The van der Waals surface area contributed by atoms with Gasteiger partial charge in [0.05, 0.1) is 0 Å². The normalized spacial score (nSPS) is 12.0. The molecule has 0 fully saturated rings. The molecule has 0 saturated carbocycles. The van der Waals surface area contributed by atoms with E-state index < -0.39 is 14.6 Å². The molecular weight excluding hydrogens is 320 g/mol. The molecule has 0 amide bonds. The van der Waals surface area contributed by atoms with Crippen molar-refractivity contribution in [3.63, 3.8) is 0 Å². The molecule has 0 bridgehead atoms. The van der Waals surface area contributed by atoms with E-state index in [0.717, 1.165) is 0 Å². The maximum absolute atomic E-state index is 13.1. The third-order valence-corrected chi connectivity index (χ3v) is 6.01. The van der Waals surface area contributed by atoms with E-state index in [1.54, 1.807) is 12.1 Å². The van der Waals surface area contributed by atoms with Crippen LogP contribution in [-0.2, 0) is 14.6 Å². The van der Waals surface area contributed by atoms with Crippen molar-refractivity contribution >= 4 is 9.84 Å². The molecule has 0 radical (unpaired) electrons. The first-order valence-corrected chi connectivity index (χ1v) is 9.45. The Kier molecular flexibility index (Phi) is 4.16. The predicted octanol–water partition coefficient (Wildman–Crippen LogP) is 3.73. The van der Waals surface area contributed by atoms with Gasteiger partial charge in [-0.15, -0.1) is 0 Å². The summed E-state index contributed by atoms with van der Waals surface area (Å²) in [4.78, 5) is 0. The average molecular weight is 338 g/mol. The van der Waals surface area contributed by atoms with Crippen molar-refractivity contribution in [2.75, 3.05) is 6.26 Å². The van der Waals surface area contributed by atoms with Crippen LogP contribution < -0.4 is 0 Å². The summed E-state index contributed by atoms with van der Waals surface area (Å²) in [6.07, 6.45) is 1.25. The van der Waals surface area contributed by atoms with Crippen LogP contribution in [0, 0.1) is 0 Å². The van der Waals surface area contributed by atoms with E-state index in [-0.39, 0.29) is 5.75 Å². The molecule has 122 valence electrons. The molecule has 3 rings (SSSR count). The van der Waals surface area contributed by atoms with E-state index in [2.05, 4.69) is 0 Å². The molecule has 0 aromatic heterocycles. The standard InChI is InChI=1S/C20H18O3S/c1-24(22,23)20(16-8-4-2-5-9-16,17-10-6-3-7-11-17)18-12-14-19(21)15-13-18/h2-15,21H,1H3. The molecule has 0 atom stereocenters. The second-order valence-corrected chi connectivity index (χ2v) is 7.89. The van der Waals surface area contributed by atoms with Gasteiger partial charge in [0.1, 0.15) is 10.5 Å². The zero-order valence-corrected chi connectivity index (χ0v) is 14.1. The molecule has 24 heavy (non-hydrogen) atoms. The van der Waals surface area contributed by atoms with Crippen LogP contribution in [-0.4, -0.2) is 19.8 Å². The minimum atomic E-state index is -3.58. The Balaban J connectivity index is 2.45. The summed E-state index contributed by atoms with van der Waals surface area (Å²) >= 11 is 0. The monoisotopic (exact) mass is 338 g/mol. The summed E-state index contributed by atoms with van der Waals surface area (Å²) in [6.45, 7) is 0. The maximum Gasteiger partial charge on any atom is 0.165 e. The van der Waals surface area contributed by atoms with Crippen molar-refractivity contribution in [1.82, 2.24) is 0 Å². The molecule has 0 aliphatic carbocycles. The summed E-state index contributed by atoms with van der Waals surface area (Å²) in [5.74, 6) is 0.0993. The fraction of sp³-hybridized carbons (Fsp3) is 0.100. The van der Waals surface area contributed by atoms with Crippen LogP contribution >= 0.6 is 0 Å². The van der Waals surface area contributed by atoms with Crippen molar-refractivity contribution in [2.45, 2.75) is 4.75 Å². The second kappa shape index (κ2) is 6.13. The number of rotatable bonds is 4. The van der Waals surface area contributed by atoms with E-state index in [9.17, 15) is 13.5 Å². The third-order valence-electron chi connectivity index (χ3n) is 4.19. The lowest BCUT2D eigenvalue weighted by atomic mass is 9.84. The minimum Gasteiger partial charge on any atom is -0.508 e. The Labute approximate surface area is 142 Å². The minimum absolute atomic E-state index is 0.0993. The molecule has 0 spiro atoms. The van der Waals surface area contributed by atoms with Crippen LogP contribution in [0.5, 0.6) is 5.75 Å². The Hall–Kier alpha value is -2.59. The summed E-state index contributed by atoms with van der Waals surface area (Å²) < 4.78 is 24.8. The molecule has 3 aromatic carbocycles. The highest BCUT2D eigenvalue weighted by Crippen LogP contribution is 2.43. The molecule has 0 heterocycles. The molecule has 0 unspecified atom stereocenters. The molecular formula is C20H18O3S. The van der Waals surface area contributed by atoms with E-state index in [4.69, 9.17) is 0 Å². The third kappa shape index (κ3) is 2.59. The lowest BCUT2D eigenvalue weighted by Crippen LogP contribution is -2.37. The average Bonchev–Trinajstić information content (AvgIpc) is 2.58. The number of hydrogen-bond acceptors (Lipinski definition) is 3. The van der Waals surface area contributed by atoms with Crippen LogP contribution in [0.15, 0.2) is 84.9 Å². The second-order valence-electron chi connectivity index (χ2n) is 5.73. The van der Waals surface area contributed by atoms with Gasteiger partial charge < -0.3 is 5.11 Å². The van der Waals surface area contributed by atoms with E-state index in [1.807, 2.05) is 60.7 Å². The number of phenols is 1. The molecule has 0 saturated heterocycles. The fourth-order valence-corrected chi connectivity index (χ4v) is 4.88. The van der Waals surface area contributed by atoms with Gasteiger partial charge in [-0.2, -0.15) is 0 Å². The summed E-state index contributed by atoms with van der Waals surface area (Å²) in [7, 11) is -3.58. The first-order valence-electron chi connectivity index (χ1n) is 7.56. The van der Waals surface area contributed by atoms with Crippen molar-refractivity contribution in [3.8, 4) is 5.75 Å². The summed E-state index contributed by atoms with van der Waals surface area (Å²) in [5, 5.41) is 9.62. The van der Waals surface area contributed by atoms with Crippen molar-refractivity contribution < 1.29 is 13.5 Å². The highest BCUT2D eigenvalue weighted by atomic mass is 32.2. The van der Waals surface area contributed by atoms with Crippen LogP contribution in [0.2, 0.25) is 0 Å². The summed E-state index contributed by atoms with van der Waals surface area (Å²) in [5.41, 5.74) is 1.94. The van der Waals surface area contributed by atoms with Crippen LogP contribution in [0.25, 0.3) is 0 Å². The van der Waals surface area contributed by atoms with Gasteiger partial charge in [0.15, 0.2) is 9.84 Å². The Bertz CT molecular complexity index is 876. The van der Waals surface area contributed by atoms with E-state index >= 15 is 0 Å². The van der Waals surface area contributed by atoms with Crippen molar-refractivity contribution in [2.24, 2.45) is 0 Å². The molecule has 0 aliphatic rings. The van der Waals surface area contributed by atoms with Crippen LogP contribution in [0.4, 0.5) is 0 Å². The Morgan fingerprint density at radius 3 is 1.42 bits per heavy atom. The van der Waals surface area contributed by atoms with E-state index in [0.29, 0.717) is 16.7 Å². The van der Waals surface area contributed by atoms with E-state index in [1.165, 1.54) is 18.4 Å². The lowest BCUT2D eigenvalue weighted by Gasteiger charge is -2.34. The number of benzene rings is 3. The SMILES string of the molecule is CS(=O)(=O)C(c1ccccc1)(c1ccccc1)c1ccc(O)cc1. The maximum atomic E-state index is 13.1. The molecule has 0 aliphatic heterocycles. The highest BCUT2D eigenvalue weighted by Gasteiger charge is 2.45. The van der Waals surface area contributed by atoms with Gasteiger partial charge >= 0.3 is 0 Å². The largest absolute Gasteiger partial charge is 0.508 e. The van der Waals surface area contributed by atoms with Crippen LogP contribution in [0.3, 0.4) is 0 Å². The van der Waals surface area contributed by atoms with Gasteiger partial charge in [0.2, 0.25) is 0 Å². The van der Waals surface area contributed by atoms with Crippen molar-refractivity contribution in [3.05, 3.63) is 102 Å². The lowest BCUT2D eigenvalue weighted by molar-refractivity contribution is 0.475. The highest BCUT2D eigenvalue weighted by molar-refractivity contribution is 7.92. The summed E-state index contributed by atoms with van der Waals surface area (Å²) in [6, 6.07) is 24.7. The Morgan fingerprint density at radius 2 is 1.04 bits per heavy atom. The predicted molar refractivity (Wildman–Crippen MR) is 95.7 cm³/mol. The first kappa shape index (κ1) is 16.3. The Morgan fingerprint density at radius 1 is 0.667 bits per heavy atom. The quantitative estimate of drug-likeness (QED) is 0.738. The zero-order valence-electron chi connectivity index (χ0n) is 13.3. The van der Waals surface area contributed by atoms with Gasteiger partial charge in [-0.3, -0.25) is 0 Å². The molecule has 3 nitrogen and oxygen atoms in total. The smallest absolute Gasteiger partial charge is 0.165 e. The van der Waals surface area contributed by atoms with Crippen LogP contribution in [0.1, 0.15) is 16.7 Å². The molecule has 1 N–H and O–H groups in total. The van der Waals surface area contributed by atoms with Gasteiger partial charge in [0.25, 0.3) is 0 Å². The topological polar surface area (TPSA) is 54.4 Å². The first-order chi connectivity index (χ1) is 11.5. The number of phenolic OH excluding ortho intramolecular Hbond substituents is 1. The van der Waals surface area contributed by atoms with Gasteiger partial charge in [0, 0.05) is 6.26 Å². The number of aromatic hydroxyl groups is 1. The fourth-order valence-electron chi connectivity index (χ4n) is 3.18. The van der Waals surface area contributed by atoms with Gasteiger partial charge in [-0.05, 0) is 28.8 Å². The van der Waals surface area contributed by atoms with Gasteiger partial charge in [-0.1, -0.05) is 72.8 Å². The zero-order chi connectivity index (χ0) is 17.2. The molecule has 3 aromatic rings.